The molecule has 0 bridgehead atoms. The van der Waals surface area contributed by atoms with Crippen LogP contribution < -0.4 is 10.5 Å². The van der Waals surface area contributed by atoms with Crippen molar-refractivity contribution in [1.29, 1.82) is 0 Å². The molecule has 0 aliphatic carbocycles. The number of amidine groups is 1. The molecule has 1 heterocycles. The Morgan fingerprint density at radius 3 is 2.68 bits per heavy atom. The molecule has 0 saturated carbocycles. The first-order valence-corrected chi connectivity index (χ1v) is 9.45. The number of ether oxygens (including phenoxy) is 1. The molecule has 0 saturated heterocycles. The minimum Gasteiger partial charge on any atom is -0.484 e. The number of oxime groups is 1. The summed E-state index contributed by atoms with van der Waals surface area (Å²) in [6, 6.07) is 15.1. The molecule has 9 heteroatoms. The summed E-state index contributed by atoms with van der Waals surface area (Å²) >= 11 is 15.3. The van der Waals surface area contributed by atoms with Crippen molar-refractivity contribution in [2.75, 3.05) is 0 Å². The van der Waals surface area contributed by atoms with Crippen molar-refractivity contribution in [3.63, 3.8) is 0 Å². The normalized spacial score (nSPS) is 11.3. The second-order valence-electron chi connectivity index (χ2n) is 5.46. The Morgan fingerprint density at radius 1 is 1.14 bits per heavy atom. The van der Waals surface area contributed by atoms with Crippen molar-refractivity contribution in [1.82, 2.24) is 0 Å². The van der Waals surface area contributed by atoms with Gasteiger partial charge in [0.05, 0.1) is 9.50 Å². The number of rotatable bonds is 6. The predicted octanol–water partition coefficient (Wildman–Crippen LogP) is 5.41. The molecule has 1 aromatic heterocycles. The lowest BCUT2D eigenvalue weighted by Gasteiger charge is -2.05. The number of nitrogens with zero attached hydrogens (tertiary/aromatic N) is 1. The van der Waals surface area contributed by atoms with Crippen LogP contribution >= 0.6 is 39.1 Å². The highest BCUT2D eigenvalue weighted by Crippen LogP contribution is 2.25. The van der Waals surface area contributed by atoms with Crippen LogP contribution in [0, 0.1) is 0 Å². The van der Waals surface area contributed by atoms with Gasteiger partial charge < -0.3 is 19.7 Å². The van der Waals surface area contributed by atoms with E-state index in [-0.39, 0.29) is 23.2 Å². The summed E-state index contributed by atoms with van der Waals surface area (Å²) in [5, 5.41) is 4.33. The Kier molecular flexibility index (Phi) is 6.61. The molecule has 0 aliphatic heterocycles. The highest BCUT2D eigenvalue weighted by Gasteiger charge is 2.15. The van der Waals surface area contributed by atoms with Crippen molar-refractivity contribution in [3.8, 4) is 5.75 Å². The predicted molar refractivity (Wildman–Crippen MR) is 110 cm³/mol. The zero-order valence-corrected chi connectivity index (χ0v) is 17.3. The van der Waals surface area contributed by atoms with Crippen LogP contribution in [0.3, 0.4) is 0 Å². The van der Waals surface area contributed by atoms with Gasteiger partial charge >= 0.3 is 5.97 Å². The highest BCUT2D eigenvalue weighted by atomic mass is 79.9. The zero-order valence-electron chi connectivity index (χ0n) is 14.2. The summed E-state index contributed by atoms with van der Waals surface area (Å²) in [7, 11) is 0. The van der Waals surface area contributed by atoms with Crippen LogP contribution in [-0.2, 0) is 11.4 Å². The van der Waals surface area contributed by atoms with E-state index in [1.54, 1.807) is 18.2 Å². The standard InChI is InChI=1S/C19H13BrCl2N2O4/c20-14-3-1-2-4-16(14)26-10-12-6-8-17(27-12)19(25)28-24-18(23)13-7-5-11(21)9-15(13)22/h1-9H,10H2,(H2,23,24). The molecule has 0 fully saturated rings. The van der Waals surface area contributed by atoms with E-state index in [9.17, 15) is 4.79 Å². The second kappa shape index (κ2) is 9.14. The largest absolute Gasteiger partial charge is 0.484 e. The van der Waals surface area contributed by atoms with E-state index in [0.29, 0.717) is 22.1 Å². The first-order valence-electron chi connectivity index (χ1n) is 7.90. The summed E-state index contributed by atoms with van der Waals surface area (Å²) in [6.45, 7) is 0.141. The molecule has 0 unspecified atom stereocenters. The SMILES string of the molecule is N/C(=N\OC(=O)c1ccc(COc2ccccc2Br)o1)c1ccc(Cl)cc1Cl. The first kappa shape index (κ1) is 20.3. The van der Waals surface area contributed by atoms with Gasteiger partial charge in [0.15, 0.2) is 5.84 Å². The maximum Gasteiger partial charge on any atom is 0.400 e. The van der Waals surface area contributed by atoms with Gasteiger partial charge in [0.2, 0.25) is 5.76 Å². The number of benzene rings is 2. The molecule has 28 heavy (non-hydrogen) atoms. The fraction of sp³-hybridized carbons (Fsp3) is 0.0526. The van der Waals surface area contributed by atoms with Crippen LogP contribution in [0.25, 0.3) is 0 Å². The number of furan rings is 1. The smallest absolute Gasteiger partial charge is 0.400 e. The lowest BCUT2D eigenvalue weighted by Crippen LogP contribution is -2.15. The number of hydrogen-bond donors (Lipinski definition) is 1. The third-order valence-electron chi connectivity index (χ3n) is 3.50. The quantitative estimate of drug-likeness (QED) is 0.219. The molecular weight excluding hydrogens is 471 g/mol. The molecule has 3 aromatic rings. The molecule has 0 spiro atoms. The van der Waals surface area contributed by atoms with Gasteiger partial charge in [-0.05, 0) is 58.4 Å². The number of halogens is 3. The second-order valence-corrected chi connectivity index (χ2v) is 7.16. The van der Waals surface area contributed by atoms with Crippen LogP contribution in [0.2, 0.25) is 10.0 Å². The summed E-state index contributed by atoms with van der Waals surface area (Å²) in [4.78, 5) is 16.9. The number of para-hydroxylation sites is 1. The summed E-state index contributed by atoms with van der Waals surface area (Å²) in [5.74, 6) is 0.185. The molecule has 2 aromatic carbocycles. The van der Waals surface area contributed by atoms with E-state index in [1.807, 2.05) is 24.3 Å². The van der Waals surface area contributed by atoms with Crippen molar-refractivity contribution < 1.29 is 18.8 Å². The van der Waals surface area contributed by atoms with Crippen LogP contribution in [0.5, 0.6) is 5.75 Å². The van der Waals surface area contributed by atoms with Crippen molar-refractivity contribution in [2.24, 2.45) is 10.9 Å². The minimum atomic E-state index is -0.805. The summed E-state index contributed by atoms with van der Waals surface area (Å²) in [5.41, 5.74) is 6.18. The Morgan fingerprint density at radius 2 is 1.93 bits per heavy atom. The number of nitrogens with two attached hydrogens (primary N) is 1. The summed E-state index contributed by atoms with van der Waals surface area (Å²) < 4.78 is 11.9. The maximum absolute atomic E-state index is 12.1. The lowest BCUT2D eigenvalue weighted by atomic mass is 10.2. The molecule has 0 amide bonds. The molecular formula is C19H13BrCl2N2O4. The van der Waals surface area contributed by atoms with Crippen LogP contribution in [0.1, 0.15) is 21.9 Å². The third kappa shape index (κ3) is 5.07. The van der Waals surface area contributed by atoms with Crippen molar-refractivity contribution in [3.05, 3.63) is 86.2 Å². The van der Waals surface area contributed by atoms with Gasteiger partial charge in [-0.2, -0.15) is 0 Å². The average molecular weight is 484 g/mol. The van der Waals surface area contributed by atoms with Crippen molar-refractivity contribution in [2.45, 2.75) is 6.61 Å². The molecule has 0 atom stereocenters. The number of hydrogen-bond acceptors (Lipinski definition) is 5. The minimum absolute atomic E-state index is 0.0375. The van der Waals surface area contributed by atoms with E-state index in [2.05, 4.69) is 21.1 Å². The van der Waals surface area contributed by atoms with Crippen LogP contribution in [-0.4, -0.2) is 11.8 Å². The van der Waals surface area contributed by atoms with Crippen LogP contribution in [0.4, 0.5) is 0 Å². The topological polar surface area (TPSA) is 87.1 Å². The van der Waals surface area contributed by atoms with Crippen molar-refractivity contribution >= 4 is 50.9 Å². The first-order chi connectivity index (χ1) is 13.4. The Balaban J connectivity index is 1.61. The van der Waals surface area contributed by atoms with Gasteiger partial charge in [-0.25, -0.2) is 4.79 Å². The van der Waals surface area contributed by atoms with Gasteiger partial charge in [0.25, 0.3) is 0 Å². The molecule has 3 rings (SSSR count). The van der Waals surface area contributed by atoms with Gasteiger partial charge in [-0.3, -0.25) is 0 Å². The fourth-order valence-electron chi connectivity index (χ4n) is 2.16. The van der Waals surface area contributed by atoms with E-state index in [4.69, 9.17) is 42.9 Å². The van der Waals surface area contributed by atoms with E-state index >= 15 is 0 Å². The summed E-state index contributed by atoms with van der Waals surface area (Å²) in [6.07, 6.45) is 0. The van der Waals surface area contributed by atoms with Gasteiger partial charge in [0, 0.05) is 10.6 Å². The van der Waals surface area contributed by atoms with Gasteiger partial charge in [-0.15, -0.1) is 0 Å². The van der Waals surface area contributed by atoms with E-state index in [0.717, 1.165) is 4.47 Å². The van der Waals surface area contributed by atoms with Gasteiger partial charge in [0.1, 0.15) is 18.1 Å². The Labute approximate surface area is 178 Å². The Hall–Kier alpha value is -2.48. The Bertz CT molecular complexity index is 1040. The maximum atomic E-state index is 12.1. The highest BCUT2D eigenvalue weighted by molar-refractivity contribution is 9.10. The van der Waals surface area contributed by atoms with E-state index < -0.39 is 5.97 Å². The molecule has 144 valence electrons. The molecule has 0 radical (unpaired) electrons. The molecule has 0 aliphatic rings. The molecule has 2 N–H and O–H groups in total. The third-order valence-corrected chi connectivity index (χ3v) is 4.71. The van der Waals surface area contributed by atoms with Gasteiger partial charge in [-0.1, -0.05) is 40.5 Å². The number of carbonyl (C=O) groups is 1. The number of carbonyl (C=O) groups excluding carboxylic acids is 1. The molecule has 6 nitrogen and oxygen atoms in total. The zero-order chi connectivity index (χ0) is 20.1. The monoisotopic (exact) mass is 482 g/mol. The fourth-order valence-corrected chi connectivity index (χ4v) is 3.06. The average Bonchev–Trinajstić information content (AvgIpc) is 3.14. The van der Waals surface area contributed by atoms with Crippen LogP contribution in [0.15, 0.2) is 68.6 Å². The van der Waals surface area contributed by atoms with E-state index in [1.165, 1.54) is 12.1 Å². The lowest BCUT2D eigenvalue weighted by molar-refractivity contribution is 0.0475.